The first-order valence-corrected chi connectivity index (χ1v) is 8.47. The Morgan fingerprint density at radius 1 is 1.04 bits per heavy atom. The molecule has 4 nitrogen and oxygen atoms in total. The smallest absolute Gasteiger partial charge is 0.257 e. The molecule has 3 rings (SSSR count). The fraction of sp³-hybridized carbons (Fsp3) is 0.0526. The Labute approximate surface area is 160 Å². The molecular weight excluding hydrogens is 376 g/mol. The molecule has 1 aromatic heterocycles. The Hall–Kier alpha value is -2.63. The summed E-state index contributed by atoms with van der Waals surface area (Å²) >= 11 is 11.9. The van der Waals surface area contributed by atoms with Crippen LogP contribution in [0, 0.1) is 5.82 Å². The summed E-state index contributed by atoms with van der Waals surface area (Å²) in [5.41, 5.74) is 1.79. The molecule has 0 atom stereocenters. The third-order valence-corrected chi connectivity index (χ3v) is 4.14. The van der Waals surface area contributed by atoms with Crippen molar-refractivity contribution >= 4 is 40.6 Å². The molecule has 2 aromatic carbocycles. The van der Waals surface area contributed by atoms with E-state index in [4.69, 9.17) is 23.2 Å². The van der Waals surface area contributed by atoms with Crippen molar-refractivity contribution in [1.29, 1.82) is 0 Å². The summed E-state index contributed by atoms with van der Waals surface area (Å²) in [6.07, 6.45) is 1.46. The van der Waals surface area contributed by atoms with Gasteiger partial charge in [0.25, 0.3) is 5.91 Å². The Kier molecular flexibility index (Phi) is 5.71. The molecule has 0 saturated carbocycles. The molecule has 3 aromatic rings. The molecule has 0 aliphatic heterocycles. The second-order valence-electron chi connectivity index (χ2n) is 5.49. The molecule has 0 radical (unpaired) electrons. The maximum absolute atomic E-state index is 12.9. The Bertz CT molecular complexity index is 915. The van der Waals surface area contributed by atoms with Gasteiger partial charge in [0.2, 0.25) is 0 Å². The molecule has 2 N–H and O–H groups in total. The summed E-state index contributed by atoms with van der Waals surface area (Å²) in [7, 11) is 0. The zero-order chi connectivity index (χ0) is 18.5. The Balaban J connectivity index is 1.61. The predicted octanol–water partition coefficient (Wildman–Crippen LogP) is 5.39. The van der Waals surface area contributed by atoms with Crippen molar-refractivity contribution in [3.8, 4) is 0 Å². The highest BCUT2D eigenvalue weighted by atomic mass is 35.5. The maximum atomic E-state index is 12.9. The van der Waals surface area contributed by atoms with Gasteiger partial charge in [-0.25, -0.2) is 9.37 Å². The van der Waals surface area contributed by atoms with Crippen LogP contribution >= 0.6 is 23.2 Å². The van der Waals surface area contributed by atoms with Crippen molar-refractivity contribution in [2.24, 2.45) is 0 Å². The molecule has 0 aliphatic carbocycles. The van der Waals surface area contributed by atoms with Crippen LogP contribution in [0.25, 0.3) is 0 Å². The maximum Gasteiger partial charge on any atom is 0.257 e. The lowest BCUT2D eigenvalue weighted by atomic mass is 10.2. The van der Waals surface area contributed by atoms with E-state index in [0.29, 0.717) is 33.7 Å². The SMILES string of the molecule is O=C(Nc1ccc(Cl)cc1Cl)c1ccc(NCc2ccc(F)cc2)nc1. The first-order chi connectivity index (χ1) is 12.5. The van der Waals surface area contributed by atoms with E-state index in [-0.39, 0.29) is 11.7 Å². The van der Waals surface area contributed by atoms with Gasteiger partial charge in [0.1, 0.15) is 11.6 Å². The number of aromatic nitrogens is 1. The third kappa shape index (κ3) is 4.71. The Morgan fingerprint density at radius 2 is 1.81 bits per heavy atom. The lowest BCUT2D eigenvalue weighted by molar-refractivity contribution is 0.102. The van der Waals surface area contributed by atoms with Gasteiger partial charge in [-0.2, -0.15) is 0 Å². The predicted molar refractivity (Wildman–Crippen MR) is 102 cm³/mol. The molecule has 7 heteroatoms. The van der Waals surface area contributed by atoms with Gasteiger partial charge in [0.05, 0.1) is 16.3 Å². The number of rotatable bonds is 5. The highest BCUT2D eigenvalue weighted by molar-refractivity contribution is 6.36. The highest BCUT2D eigenvalue weighted by Crippen LogP contribution is 2.25. The van der Waals surface area contributed by atoms with E-state index in [1.54, 1.807) is 42.5 Å². The first-order valence-electron chi connectivity index (χ1n) is 7.72. The van der Waals surface area contributed by atoms with E-state index in [2.05, 4.69) is 15.6 Å². The second-order valence-corrected chi connectivity index (χ2v) is 6.33. The van der Waals surface area contributed by atoms with E-state index in [0.717, 1.165) is 5.56 Å². The van der Waals surface area contributed by atoms with Gasteiger partial charge in [0.15, 0.2) is 0 Å². The molecule has 0 bridgehead atoms. The molecule has 0 spiro atoms. The monoisotopic (exact) mass is 389 g/mol. The van der Waals surface area contributed by atoms with Crippen LogP contribution in [-0.2, 0) is 6.54 Å². The van der Waals surface area contributed by atoms with Crippen molar-refractivity contribution in [2.45, 2.75) is 6.54 Å². The van der Waals surface area contributed by atoms with E-state index >= 15 is 0 Å². The van der Waals surface area contributed by atoms with Crippen molar-refractivity contribution in [1.82, 2.24) is 4.98 Å². The minimum Gasteiger partial charge on any atom is -0.366 e. The zero-order valence-corrected chi connectivity index (χ0v) is 15.0. The number of hydrogen-bond donors (Lipinski definition) is 2. The topological polar surface area (TPSA) is 54.0 Å². The standard InChI is InChI=1S/C19H14Cl2FN3O/c20-14-4-7-17(16(21)9-14)25-19(26)13-3-8-18(24-11-13)23-10-12-1-5-15(22)6-2-12/h1-9,11H,10H2,(H,23,24)(H,25,26). The number of benzene rings is 2. The summed E-state index contributed by atoms with van der Waals surface area (Å²) in [5.74, 6) is 0.00485. The minimum atomic E-state index is -0.327. The van der Waals surface area contributed by atoms with E-state index in [9.17, 15) is 9.18 Å². The van der Waals surface area contributed by atoms with Crippen LogP contribution in [0.3, 0.4) is 0 Å². The van der Waals surface area contributed by atoms with Crippen LogP contribution in [0.1, 0.15) is 15.9 Å². The number of nitrogens with one attached hydrogen (secondary N) is 2. The number of amides is 1. The quantitative estimate of drug-likeness (QED) is 0.614. The second kappa shape index (κ2) is 8.17. The number of halogens is 3. The number of hydrogen-bond acceptors (Lipinski definition) is 3. The van der Waals surface area contributed by atoms with Crippen molar-refractivity contribution < 1.29 is 9.18 Å². The minimum absolute atomic E-state index is 0.275. The van der Waals surface area contributed by atoms with Gasteiger partial charge in [-0.15, -0.1) is 0 Å². The molecule has 0 fully saturated rings. The lowest BCUT2D eigenvalue weighted by Crippen LogP contribution is -2.13. The molecule has 132 valence electrons. The van der Waals surface area contributed by atoms with Gasteiger partial charge in [-0.3, -0.25) is 4.79 Å². The fourth-order valence-corrected chi connectivity index (χ4v) is 2.67. The molecule has 0 saturated heterocycles. The summed E-state index contributed by atoms with van der Waals surface area (Å²) < 4.78 is 12.9. The normalized spacial score (nSPS) is 10.4. The zero-order valence-electron chi connectivity index (χ0n) is 13.5. The van der Waals surface area contributed by atoms with Crippen molar-refractivity contribution in [2.75, 3.05) is 10.6 Å². The summed E-state index contributed by atoms with van der Waals surface area (Å²) in [5, 5.41) is 6.67. The van der Waals surface area contributed by atoms with Gasteiger partial charge in [-0.1, -0.05) is 35.3 Å². The van der Waals surface area contributed by atoms with Gasteiger partial charge >= 0.3 is 0 Å². The Morgan fingerprint density at radius 3 is 2.46 bits per heavy atom. The van der Waals surface area contributed by atoms with Crippen molar-refractivity contribution in [3.05, 3.63) is 87.8 Å². The van der Waals surface area contributed by atoms with Gasteiger partial charge < -0.3 is 10.6 Å². The number of carbonyl (C=O) groups is 1. The summed E-state index contributed by atoms with van der Waals surface area (Å²) in [6.45, 7) is 0.499. The summed E-state index contributed by atoms with van der Waals surface area (Å²) in [4.78, 5) is 16.5. The summed E-state index contributed by atoms with van der Waals surface area (Å²) in [6, 6.07) is 14.4. The fourth-order valence-electron chi connectivity index (χ4n) is 2.21. The number of anilines is 2. The largest absolute Gasteiger partial charge is 0.366 e. The molecule has 0 unspecified atom stereocenters. The third-order valence-electron chi connectivity index (χ3n) is 3.59. The van der Waals surface area contributed by atoms with Gasteiger partial charge in [0, 0.05) is 17.8 Å². The molecule has 1 amide bonds. The van der Waals surface area contributed by atoms with Gasteiger partial charge in [-0.05, 0) is 48.0 Å². The molecule has 0 aliphatic rings. The molecule has 26 heavy (non-hydrogen) atoms. The number of nitrogens with zero attached hydrogens (tertiary/aromatic N) is 1. The molecular formula is C19H14Cl2FN3O. The lowest BCUT2D eigenvalue weighted by Gasteiger charge is -2.09. The van der Waals surface area contributed by atoms with Crippen LogP contribution in [0.5, 0.6) is 0 Å². The highest BCUT2D eigenvalue weighted by Gasteiger charge is 2.09. The number of pyridine rings is 1. The van der Waals surface area contributed by atoms with Crippen LogP contribution in [0.15, 0.2) is 60.8 Å². The average molecular weight is 390 g/mol. The van der Waals surface area contributed by atoms with E-state index in [1.165, 1.54) is 18.3 Å². The van der Waals surface area contributed by atoms with E-state index < -0.39 is 0 Å². The van der Waals surface area contributed by atoms with Crippen LogP contribution in [0.4, 0.5) is 15.9 Å². The number of carbonyl (C=O) groups excluding carboxylic acids is 1. The van der Waals surface area contributed by atoms with E-state index in [1.807, 2.05) is 0 Å². The van der Waals surface area contributed by atoms with Crippen molar-refractivity contribution in [3.63, 3.8) is 0 Å². The van der Waals surface area contributed by atoms with Crippen LogP contribution in [0.2, 0.25) is 10.0 Å². The first kappa shape index (κ1) is 18.2. The average Bonchev–Trinajstić information content (AvgIpc) is 2.64. The van der Waals surface area contributed by atoms with Crippen LogP contribution < -0.4 is 10.6 Å². The molecule has 1 heterocycles. The van der Waals surface area contributed by atoms with Crippen LogP contribution in [-0.4, -0.2) is 10.9 Å².